The maximum atomic E-state index is 9.40. The van der Waals surface area contributed by atoms with Crippen LogP contribution in [0.15, 0.2) is 36.5 Å². The SMILES string of the molecule is Cc1ccc(C)c(Oc2ccc(C(C)O)cn2)c1. The molecule has 2 rings (SSSR count). The summed E-state index contributed by atoms with van der Waals surface area (Å²) >= 11 is 0. The van der Waals surface area contributed by atoms with Gasteiger partial charge in [0.15, 0.2) is 0 Å². The Hall–Kier alpha value is -1.87. The van der Waals surface area contributed by atoms with Crippen LogP contribution in [0, 0.1) is 13.8 Å². The first-order valence-electron chi connectivity index (χ1n) is 5.95. The Labute approximate surface area is 107 Å². The van der Waals surface area contributed by atoms with Crippen LogP contribution >= 0.6 is 0 Å². The second-order valence-corrected chi connectivity index (χ2v) is 4.48. The number of aryl methyl sites for hydroxylation is 2. The quantitative estimate of drug-likeness (QED) is 0.896. The third-order valence-corrected chi connectivity index (χ3v) is 2.80. The predicted molar refractivity (Wildman–Crippen MR) is 70.9 cm³/mol. The van der Waals surface area contributed by atoms with Crippen LogP contribution in [0.1, 0.15) is 29.7 Å². The van der Waals surface area contributed by atoms with Crippen molar-refractivity contribution in [1.29, 1.82) is 0 Å². The highest BCUT2D eigenvalue weighted by Gasteiger charge is 2.05. The smallest absolute Gasteiger partial charge is 0.219 e. The molecule has 1 heterocycles. The van der Waals surface area contributed by atoms with Gasteiger partial charge in [0.2, 0.25) is 5.88 Å². The summed E-state index contributed by atoms with van der Waals surface area (Å²) in [5.74, 6) is 1.35. The molecule has 0 saturated heterocycles. The number of nitrogens with zero attached hydrogens (tertiary/aromatic N) is 1. The van der Waals surface area contributed by atoms with Gasteiger partial charge in [-0.3, -0.25) is 0 Å². The molecule has 1 N–H and O–H groups in total. The van der Waals surface area contributed by atoms with Gasteiger partial charge in [-0.1, -0.05) is 12.1 Å². The Balaban J connectivity index is 2.21. The van der Waals surface area contributed by atoms with Crippen molar-refractivity contribution in [3.05, 3.63) is 53.2 Å². The third-order valence-electron chi connectivity index (χ3n) is 2.80. The van der Waals surface area contributed by atoms with E-state index in [1.165, 1.54) is 0 Å². The lowest BCUT2D eigenvalue weighted by molar-refractivity contribution is 0.198. The van der Waals surface area contributed by atoms with Gasteiger partial charge in [-0.2, -0.15) is 0 Å². The molecule has 0 bridgehead atoms. The molecule has 0 fully saturated rings. The number of hydrogen-bond acceptors (Lipinski definition) is 3. The van der Waals surface area contributed by atoms with Crippen LogP contribution < -0.4 is 4.74 Å². The van der Waals surface area contributed by atoms with E-state index in [2.05, 4.69) is 4.98 Å². The van der Waals surface area contributed by atoms with Crippen LogP contribution in [0.2, 0.25) is 0 Å². The van der Waals surface area contributed by atoms with Crippen LogP contribution in [-0.2, 0) is 0 Å². The molecule has 0 saturated carbocycles. The first-order valence-corrected chi connectivity index (χ1v) is 5.95. The molecule has 0 radical (unpaired) electrons. The van der Waals surface area contributed by atoms with E-state index in [0.29, 0.717) is 5.88 Å². The van der Waals surface area contributed by atoms with Crippen LogP contribution in [0.4, 0.5) is 0 Å². The maximum absolute atomic E-state index is 9.40. The van der Waals surface area contributed by atoms with Crippen molar-refractivity contribution >= 4 is 0 Å². The van der Waals surface area contributed by atoms with E-state index in [0.717, 1.165) is 22.4 Å². The summed E-state index contributed by atoms with van der Waals surface area (Å²) in [6.07, 6.45) is 1.12. The van der Waals surface area contributed by atoms with Gasteiger partial charge in [0, 0.05) is 12.3 Å². The van der Waals surface area contributed by atoms with E-state index < -0.39 is 6.10 Å². The highest BCUT2D eigenvalue weighted by atomic mass is 16.5. The molecule has 0 amide bonds. The van der Waals surface area contributed by atoms with Gasteiger partial charge in [-0.05, 0) is 49.6 Å². The summed E-state index contributed by atoms with van der Waals surface area (Å²) in [5, 5.41) is 9.40. The number of pyridine rings is 1. The van der Waals surface area contributed by atoms with Gasteiger partial charge < -0.3 is 9.84 Å². The molecule has 2 aromatic rings. The number of rotatable bonds is 3. The monoisotopic (exact) mass is 243 g/mol. The van der Waals surface area contributed by atoms with Gasteiger partial charge in [-0.15, -0.1) is 0 Å². The normalized spacial score (nSPS) is 12.2. The fraction of sp³-hybridized carbons (Fsp3) is 0.267. The summed E-state index contributed by atoms with van der Waals surface area (Å²) in [4.78, 5) is 4.18. The van der Waals surface area contributed by atoms with Gasteiger partial charge in [0.1, 0.15) is 5.75 Å². The number of aliphatic hydroxyl groups excluding tert-OH is 1. The molecule has 1 unspecified atom stereocenters. The molecule has 0 aliphatic carbocycles. The lowest BCUT2D eigenvalue weighted by Gasteiger charge is -2.09. The molecule has 0 aliphatic heterocycles. The van der Waals surface area contributed by atoms with Crippen molar-refractivity contribution in [3.8, 4) is 11.6 Å². The zero-order chi connectivity index (χ0) is 13.1. The maximum Gasteiger partial charge on any atom is 0.219 e. The lowest BCUT2D eigenvalue weighted by atomic mass is 10.1. The average molecular weight is 243 g/mol. The van der Waals surface area contributed by atoms with Crippen LogP contribution in [0.25, 0.3) is 0 Å². The van der Waals surface area contributed by atoms with Gasteiger partial charge in [-0.25, -0.2) is 4.98 Å². The second kappa shape index (κ2) is 5.19. The fourth-order valence-electron chi connectivity index (χ4n) is 1.63. The Morgan fingerprint density at radius 1 is 1.17 bits per heavy atom. The molecule has 1 aromatic heterocycles. The number of aliphatic hydroxyl groups is 1. The molecule has 18 heavy (non-hydrogen) atoms. The largest absolute Gasteiger partial charge is 0.439 e. The van der Waals surface area contributed by atoms with Crippen molar-refractivity contribution in [1.82, 2.24) is 4.98 Å². The average Bonchev–Trinajstić information content (AvgIpc) is 2.34. The van der Waals surface area contributed by atoms with E-state index in [9.17, 15) is 5.11 Å². The van der Waals surface area contributed by atoms with Crippen molar-refractivity contribution < 1.29 is 9.84 Å². The molecule has 0 spiro atoms. The summed E-state index contributed by atoms with van der Waals surface area (Å²) in [7, 11) is 0. The number of ether oxygens (including phenoxy) is 1. The topological polar surface area (TPSA) is 42.4 Å². The number of aromatic nitrogens is 1. The van der Waals surface area contributed by atoms with Crippen LogP contribution in [0.5, 0.6) is 11.6 Å². The van der Waals surface area contributed by atoms with Crippen molar-refractivity contribution in [3.63, 3.8) is 0 Å². The summed E-state index contributed by atoms with van der Waals surface area (Å²) in [5.41, 5.74) is 3.00. The van der Waals surface area contributed by atoms with Crippen molar-refractivity contribution in [2.45, 2.75) is 26.9 Å². The predicted octanol–water partition coefficient (Wildman–Crippen LogP) is 3.54. The van der Waals surface area contributed by atoms with Crippen molar-refractivity contribution in [2.24, 2.45) is 0 Å². The number of benzene rings is 1. The molecular formula is C15H17NO2. The highest BCUT2D eigenvalue weighted by molar-refractivity contribution is 5.38. The van der Waals surface area contributed by atoms with E-state index >= 15 is 0 Å². The Bertz CT molecular complexity index is 533. The molecule has 0 aliphatic rings. The van der Waals surface area contributed by atoms with Crippen LogP contribution in [0.3, 0.4) is 0 Å². The van der Waals surface area contributed by atoms with E-state index in [1.807, 2.05) is 38.1 Å². The summed E-state index contributed by atoms with van der Waals surface area (Å²) < 4.78 is 5.73. The molecule has 1 atom stereocenters. The summed E-state index contributed by atoms with van der Waals surface area (Å²) in [6, 6.07) is 9.64. The zero-order valence-corrected chi connectivity index (χ0v) is 10.8. The Morgan fingerprint density at radius 3 is 2.56 bits per heavy atom. The first-order chi connectivity index (χ1) is 8.56. The van der Waals surface area contributed by atoms with Gasteiger partial charge in [0.05, 0.1) is 6.10 Å². The van der Waals surface area contributed by atoms with E-state index in [1.54, 1.807) is 19.2 Å². The van der Waals surface area contributed by atoms with Crippen LogP contribution in [-0.4, -0.2) is 10.1 Å². The minimum Gasteiger partial charge on any atom is -0.439 e. The first kappa shape index (κ1) is 12.6. The molecule has 1 aromatic carbocycles. The molecule has 3 heteroatoms. The lowest BCUT2D eigenvalue weighted by Crippen LogP contribution is -1.94. The third kappa shape index (κ3) is 2.87. The van der Waals surface area contributed by atoms with E-state index in [-0.39, 0.29) is 0 Å². The Morgan fingerprint density at radius 2 is 1.94 bits per heavy atom. The Kier molecular flexibility index (Phi) is 3.63. The number of hydrogen-bond donors (Lipinski definition) is 1. The zero-order valence-electron chi connectivity index (χ0n) is 10.8. The van der Waals surface area contributed by atoms with E-state index in [4.69, 9.17) is 4.74 Å². The standard InChI is InChI=1S/C15H17NO2/c1-10-4-5-11(2)14(8-10)18-15-7-6-13(9-16-15)12(3)17/h4-9,12,17H,1-3H3. The molecule has 94 valence electrons. The van der Waals surface area contributed by atoms with Gasteiger partial charge in [0.25, 0.3) is 0 Å². The summed E-state index contributed by atoms with van der Waals surface area (Å²) in [6.45, 7) is 5.73. The molecular weight excluding hydrogens is 226 g/mol. The molecule has 3 nitrogen and oxygen atoms in total. The fourth-order valence-corrected chi connectivity index (χ4v) is 1.63. The van der Waals surface area contributed by atoms with Crippen molar-refractivity contribution in [2.75, 3.05) is 0 Å². The minimum atomic E-state index is -0.507. The minimum absolute atomic E-state index is 0.507. The highest BCUT2D eigenvalue weighted by Crippen LogP contribution is 2.25. The second-order valence-electron chi connectivity index (χ2n) is 4.48. The van der Waals surface area contributed by atoms with Gasteiger partial charge >= 0.3 is 0 Å².